The summed E-state index contributed by atoms with van der Waals surface area (Å²) < 4.78 is 82.2. The maximum absolute atomic E-state index is 13.3. The van der Waals surface area contributed by atoms with Crippen molar-refractivity contribution >= 4 is 43.2 Å². The summed E-state index contributed by atoms with van der Waals surface area (Å²) in [4.78, 5) is 92.9. The van der Waals surface area contributed by atoms with E-state index in [9.17, 15) is 72.3 Å². The number of phosphoric ester groups is 4. The second kappa shape index (κ2) is 39.6. The molecule has 8 atom stereocenters. The fourth-order valence-electron chi connectivity index (χ4n) is 7.62. The number of allylic oxidation sites excluding steroid dienone is 8. The molecule has 0 saturated heterocycles. The Labute approximate surface area is 431 Å². The van der Waals surface area contributed by atoms with Crippen LogP contribution in [0.4, 0.5) is 0 Å². The fourth-order valence-corrected chi connectivity index (χ4v) is 10.3. The summed E-state index contributed by atoms with van der Waals surface area (Å²) in [5.41, 5.74) is 0. The van der Waals surface area contributed by atoms with Gasteiger partial charge >= 0.3 is 43.2 Å². The minimum atomic E-state index is -5.80. The van der Waals surface area contributed by atoms with E-state index in [1.807, 2.05) is 18.2 Å². The first kappa shape index (κ1) is 69.3. The van der Waals surface area contributed by atoms with Gasteiger partial charge in [-0.1, -0.05) is 146 Å². The van der Waals surface area contributed by atoms with Gasteiger partial charge in [-0.3, -0.25) is 32.2 Å². The number of aliphatic hydroxyl groups is 2. The summed E-state index contributed by atoms with van der Waals surface area (Å²) in [6, 6.07) is 0. The molecule has 26 heteroatoms. The molecule has 0 aromatic carbocycles. The zero-order valence-corrected chi connectivity index (χ0v) is 46.2. The standard InChI is InChI=1S/C47H86O22P4/c1-3-5-7-9-11-13-15-17-19-20-22-24-26-28-30-32-34-36-41(49)65-39(37-63-40(48)35-33-31-29-27-25-23-21-18-16-14-12-10-8-6-4-2)38-64-73(61,62)69-44-42(50)45(66-70(52,53)54)47(68-72(58,59)60)46(43(44)51)67-71(55,56)57/h17-19,21-22,24,28,30,39,42-47,50-51H,3-16,20,23,25-27,29,31-38H2,1-2H3,(H,61,62)(H2,52,53,54)(H2,55,56,57)(H2,58,59,60)/t39-,42?,43?,44?,45+,46?,47?/m1/s1. The van der Waals surface area contributed by atoms with Crippen molar-refractivity contribution in [2.75, 3.05) is 13.2 Å². The van der Waals surface area contributed by atoms with Gasteiger partial charge in [0.2, 0.25) is 0 Å². The van der Waals surface area contributed by atoms with Gasteiger partial charge in [0.25, 0.3) is 0 Å². The second-order valence-electron chi connectivity index (χ2n) is 18.0. The number of rotatable bonds is 44. The van der Waals surface area contributed by atoms with Crippen LogP contribution < -0.4 is 0 Å². The quantitative estimate of drug-likeness (QED) is 0.0119. The molecule has 0 radical (unpaired) electrons. The molecule has 0 heterocycles. The van der Waals surface area contributed by atoms with Crippen LogP contribution in [0, 0.1) is 0 Å². The maximum Gasteiger partial charge on any atom is 0.472 e. The highest BCUT2D eigenvalue weighted by molar-refractivity contribution is 7.47. The van der Waals surface area contributed by atoms with Crippen LogP contribution in [0.5, 0.6) is 0 Å². The topological polar surface area (TPSA) is 349 Å². The summed E-state index contributed by atoms with van der Waals surface area (Å²) in [6.45, 7) is 2.71. The predicted octanol–water partition coefficient (Wildman–Crippen LogP) is 9.52. The van der Waals surface area contributed by atoms with E-state index in [0.717, 1.165) is 51.4 Å². The zero-order chi connectivity index (χ0) is 54.6. The van der Waals surface area contributed by atoms with Crippen LogP contribution in [-0.4, -0.2) is 112 Å². The molecule has 0 bridgehead atoms. The van der Waals surface area contributed by atoms with Gasteiger partial charge in [0.15, 0.2) is 6.10 Å². The highest BCUT2D eigenvalue weighted by Crippen LogP contribution is 2.53. The van der Waals surface area contributed by atoms with E-state index in [2.05, 4.69) is 57.8 Å². The lowest BCUT2D eigenvalue weighted by atomic mass is 9.85. The SMILES string of the molecule is CCCCCCCCC=CCC=CCC=CCCCC(=O)O[C@H](COC(=O)CCCCCCCC=CCCCCCCCC)COP(=O)(O)OC1C(O)C(OP(=O)(O)O)C(OP(=O)(O)O)[C@@H](OP(=O)(O)O)C1O. The molecular weight excluding hydrogens is 1040 g/mol. The number of hydrogen-bond donors (Lipinski definition) is 9. The molecule has 22 nitrogen and oxygen atoms in total. The molecule has 0 amide bonds. The number of hydrogen-bond acceptors (Lipinski definition) is 15. The van der Waals surface area contributed by atoms with Gasteiger partial charge in [-0.2, -0.15) is 0 Å². The minimum Gasteiger partial charge on any atom is -0.462 e. The molecule has 0 aliphatic heterocycles. The van der Waals surface area contributed by atoms with E-state index in [1.54, 1.807) is 0 Å². The molecule has 1 aliphatic carbocycles. The van der Waals surface area contributed by atoms with Gasteiger partial charge in [-0.15, -0.1) is 0 Å². The average Bonchev–Trinajstić information content (AvgIpc) is 3.30. The Morgan fingerprint density at radius 1 is 0.438 bits per heavy atom. The molecule has 9 N–H and O–H groups in total. The number of carbonyl (C=O) groups excluding carboxylic acids is 2. The highest BCUT2D eigenvalue weighted by Gasteiger charge is 2.59. The largest absolute Gasteiger partial charge is 0.472 e. The van der Waals surface area contributed by atoms with Gasteiger partial charge in [-0.25, -0.2) is 18.3 Å². The molecule has 1 saturated carbocycles. The van der Waals surface area contributed by atoms with Crippen LogP contribution in [-0.2, 0) is 59.9 Å². The van der Waals surface area contributed by atoms with Crippen molar-refractivity contribution in [1.82, 2.24) is 0 Å². The molecule has 0 aromatic heterocycles. The molecule has 1 aliphatic rings. The van der Waals surface area contributed by atoms with Crippen molar-refractivity contribution in [2.24, 2.45) is 0 Å². The van der Waals surface area contributed by atoms with E-state index >= 15 is 0 Å². The normalized spacial score (nSPS) is 21.4. The summed E-state index contributed by atoms with van der Waals surface area (Å²) in [7, 11) is -23.1. The van der Waals surface area contributed by atoms with Crippen LogP contribution in [0.15, 0.2) is 48.6 Å². The Morgan fingerprint density at radius 3 is 1.26 bits per heavy atom. The van der Waals surface area contributed by atoms with Gasteiger partial charge in [0.05, 0.1) is 6.61 Å². The third-order valence-corrected chi connectivity index (χ3v) is 13.9. The Kier molecular flexibility index (Phi) is 37.6. The summed E-state index contributed by atoms with van der Waals surface area (Å²) >= 11 is 0. The van der Waals surface area contributed by atoms with Crippen molar-refractivity contribution in [3.63, 3.8) is 0 Å². The number of phosphoric acid groups is 4. The molecule has 73 heavy (non-hydrogen) atoms. The Hall–Kier alpha value is -1.74. The highest BCUT2D eigenvalue weighted by atomic mass is 31.2. The second-order valence-corrected chi connectivity index (χ2v) is 22.9. The smallest absolute Gasteiger partial charge is 0.462 e. The third-order valence-electron chi connectivity index (χ3n) is 11.3. The summed E-state index contributed by atoms with van der Waals surface area (Å²) in [5, 5.41) is 21.9. The van der Waals surface area contributed by atoms with Gasteiger partial charge < -0.3 is 53.9 Å². The average molecular weight is 1130 g/mol. The lowest BCUT2D eigenvalue weighted by Gasteiger charge is -2.45. The van der Waals surface area contributed by atoms with Crippen LogP contribution in [0.25, 0.3) is 0 Å². The van der Waals surface area contributed by atoms with E-state index in [4.69, 9.17) is 18.5 Å². The number of carbonyl (C=O) groups is 2. The molecule has 426 valence electrons. The van der Waals surface area contributed by atoms with Gasteiger partial charge in [0, 0.05) is 12.8 Å². The monoisotopic (exact) mass is 1130 g/mol. The van der Waals surface area contributed by atoms with Crippen molar-refractivity contribution in [3.05, 3.63) is 48.6 Å². The van der Waals surface area contributed by atoms with Crippen molar-refractivity contribution < 1.29 is 104 Å². The van der Waals surface area contributed by atoms with E-state index in [-0.39, 0.29) is 12.8 Å². The molecule has 1 rings (SSSR count). The Balaban J connectivity index is 2.91. The summed E-state index contributed by atoms with van der Waals surface area (Å²) in [6.07, 6.45) is 23.2. The first-order valence-electron chi connectivity index (χ1n) is 25.7. The van der Waals surface area contributed by atoms with E-state index < -0.39 is 99.2 Å². The van der Waals surface area contributed by atoms with Crippen molar-refractivity contribution in [1.29, 1.82) is 0 Å². The Bertz CT molecular complexity index is 1770. The number of esters is 2. The lowest BCUT2D eigenvalue weighted by molar-refractivity contribution is -0.209. The van der Waals surface area contributed by atoms with Crippen molar-refractivity contribution in [3.8, 4) is 0 Å². The molecule has 6 unspecified atom stereocenters. The number of ether oxygens (including phenoxy) is 2. The molecule has 1 fully saturated rings. The van der Waals surface area contributed by atoms with Crippen LogP contribution in [0.1, 0.15) is 181 Å². The lowest BCUT2D eigenvalue weighted by Crippen LogP contribution is -2.65. The minimum absolute atomic E-state index is 0.0125. The van der Waals surface area contributed by atoms with Crippen molar-refractivity contribution in [2.45, 2.75) is 224 Å². The number of aliphatic hydroxyl groups excluding tert-OH is 2. The zero-order valence-electron chi connectivity index (χ0n) is 42.6. The fraction of sp³-hybridized carbons (Fsp3) is 0.787. The Morgan fingerprint density at radius 2 is 0.808 bits per heavy atom. The van der Waals surface area contributed by atoms with Crippen LogP contribution >= 0.6 is 31.3 Å². The number of unbranched alkanes of at least 4 members (excludes halogenated alkanes) is 18. The van der Waals surface area contributed by atoms with Gasteiger partial charge in [0.1, 0.15) is 43.2 Å². The van der Waals surface area contributed by atoms with E-state index in [1.165, 1.54) is 77.0 Å². The maximum atomic E-state index is 13.3. The molecule has 0 spiro atoms. The first-order valence-corrected chi connectivity index (χ1v) is 31.8. The first-order chi connectivity index (χ1) is 34.5. The van der Waals surface area contributed by atoms with Crippen LogP contribution in [0.2, 0.25) is 0 Å². The van der Waals surface area contributed by atoms with E-state index in [0.29, 0.717) is 25.7 Å². The molecule has 0 aromatic rings. The van der Waals surface area contributed by atoms with Crippen LogP contribution in [0.3, 0.4) is 0 Å². The molecular formula is C47H86O22P4. The predicted molar refractivity (Wildman–Crippen MR) is 272 cm³/mol. The summed E-state index contributed by atoms with van der Waals surface area (Å²) in [5.74, 6) is -1.47. The third kappa shape index (κ3) is 37.6. The van der Waals surface area contributed by atoms with Gasteiger partial charge in [-0.05, 0) is 70.6 Å².